The van der Waals surface area contributed by atoms with Crippen LogP contribution < -0.4 is 5.32 Å². The first-order valence-corrected chi connectivity index (χ1v) is 6.07. The molecule has 2 nitrogen and oxygen atoms in total. The van der Waals surface area contributed by atoms with Gasteiger partial charge in [-0.1, -0.05) is 20.3 Å². The van der Waals surface area contributed by atoms with Crippen molar-refractivity contribution < 1.29 is 0 Å². The van der Waals surface area contributed by atoms with E-state index >= 15 is 0 Å². The van der Waals surface area contributed by atoms with Crippen LogP contribution in [-0.4, -0.2) is 37.1 Å². The third-order valence-electron chi connectivity index (χ3n) is 3.52. The van der Waals surface area contributed by atoms with E-state index in [0.29, 0.717) is 0 Å². The summed E-state index contributed by atoms with van der Waals surface area (Å²) in [5.74, 6) is 0.838. The van der Waals surface area contributed by atoms with Gasteiger partial charge in [0.1, 0.15) is 0 Å². The molecule has 3 unspecified atom stereocenters. The maximum absolute atomic E-state index is 3.52. The third kappa shape index (κ3) is 3.25. The fourth-order valence-corrected chi connectivity index (χ4v) is 2.42. The summed E-state index contributed by atoms with van der Waals surface area (Å²) in [4.78, 5) is 2.56. The molecule has 0 spiro atoms. The number of hydrogen-bond donors (Lipinski definition) is 1. The predicted molar refractivity (Wildman–Crippen MR) is 62.6 cm³/mol. The monoisotopic (exact) mass is 198 g/mol. The van der Waals surface area contributed by atoms with Crippen LogP contribution in [-0.2, 0) is 0 Å². The fraction of sp³-hybridized carbons (Fsp3) is 1.00. The van der Waals surface area contributed by atoms with Gasteiger partial charge in [-0.3, -0.25) is 4.90 Å². The van der Waals surface area contributed by atoms with Crippen molar-refractivity contribution in [2.75, 3.05) is 20.1 Å². The van der Waals surface area contributed by atoms with Crippen LogP contribution in [0.25, 0.3) is 0 Å². The summed E-state index contributed by atoms with van der Waals surface area (Å²) in [6.45, 7) is 9.34. The van der Waals surface area contributed by atoms with E-state index in [0.717, 1.165) is 18.0 Å². The lowest BCUT2D eigenvalue weighted by atomic mass is 9.95. The molecule has 1 aliphatic rings. The zero-order valence-corrected chi connectivity index (χ0v) is 10.2. The van der Waals surface area contributed by atoms with Crippen LogP contribution in [0.15, 0.2) is 0 Å². The van der Waals surface area contributed by atoms with Crippen molar-refractivity contribution in [3.8, 4) is 0 Å². The number of nitrogens with one attached hydrogen (secondary N) is 1. The van der Waals surface area contributed by atoms with Crippen LogP contribution in [0.3, 0.4) is 0 Å². The predicted octanol–water partition coefficient (Wildman–Crippen LogP) is 2.10. The lowest BCUT2D eigenvalue weighted by Gasteiger charge is -2.38. The standard InChI is InChI=1S/C12H26N2/c1-5-6-11(3)14(4)12-7-10(2)8-13-9-12/h10-13H,5-9H2,1-4H3. The highest BCUT2D eigenvalue weighted by molar-refractivity contribution is 4.82. The van der Waals surface area contributed by atoms with Crippen molar-refractivity contribution in [2.24, 2.45) is 5.92 Å². The van der Waals surface area contributed by atoms with E-state index in [1.54, 1.807) is 0 Å². The van der Waals surface area contributed by atoms with E-state index in [1.807, 2.05) is 0 Å². The van der Waals surface area contributed by atoms with Crippen LogP contribution in [0.2, 0.25) is 0 Å². The quantitative estimate of drug-likeness (QED) is 0.744. The molecule has 1 aliphatic heterocycles. The Kier molecular flexibility index (Phi) is 4.90. The van der Waals surface area contributed by atoms with Crippen LogP contribution >= 0.6 is 0 Å². The number of piperidine rings is 1. The second-order valence-corrected chi connectivity index (χ2v) is 4.96. The molecular formula is C12H26N2. The van der Waals surface area contributed by atoms with Gasteiger partial charge in [0.05, 0.1) is 0 Å². The molecule has 84 valence electrons. The Bertz CT molecular complexity index is 158. The van der Waals surface area contributed by atoms with Gasteiger partial charge in [0.15, 0.2) is 0 Å². The number of hydrogen-bond acceptors (Lipinski definition) is 2. The minimum absolute atomic E-state index is 0.733. The van der Waals surface area contributed by atoms with Gasteiger partial charge < -0.3 is 5.32 Å². The summed E-state index contributed by atoms with van der Waals surface area (Å²) < 4.78 is 0. The molecule has 1 heterocycles. The molecule has 3 atom stereocenters. The molecule has 1 fully saturated rings. The fourth-order valence-electron chi connectivity index (χ4n) is 2.42. The topological polar surface area (TPSA) is 15.3 Å². The lowest BCUT2D eigenvalue weighted by Crippen LogP contribution is -2.49. The van der Waals surface area contributed by atoms with E-state index < -0.39 is 0 Å². The summed E-state index contributed by atoms with van der Waals surface area (Å²) in [5.41, 5.74) is 0. The molecule has 1 N–H and O–H groups in total. The molecule has 1 saturated heterocycles. The van der Waals surface area contributed by atoms with Gasteiger partial charge in [0.2, 0.25) is 0 Å². The van der Waals surface area contributed by atoms with Crippen molar-refractivity contribution in [3.63, 3.8) is 0 Å². The average Bonchev–Trinajstić information content (AvgIpc) is 2.17. The molecule has 2 heteroatoms. The smallest absolute Gasteiger partial charge is 0.0223 e. The molecule has 0 amide bonds. The Hall–Kier alpha value is -0.0800. The van der Waals surface area contributed by atoms with E-state index in [2.05, 4.69) is 38.0 Å². The summed E-state index contributed by atoms with van der Waals surface area (Å²) in [7, 11) is 2.28. The van der Waals surface area contributed by atoms with Crippen molar-refractivity contribution in [2.45, 2.75) is 52.1 Å². The van der Waals surface area contributed by atoms with Crippen LogP contribution in [0.4, 0.5) is 0 Å². The van der Waals surface area contributed by atoms with Crippen LogP contribution in [0.5, 0.6) is 0 Å². The largest absolute Gasteiger partial charge is 0.315 e. The number of rotatable bonds is 4. The number of likely N-dealkylation sites (N-methyl/N-ethyl adjacent to an activating group) is 1. The van der Waals surface area contributed by atoms with Crippen molar-refractivity contribution in [1.29, 1.82) is 0 Å². The minimum atomic E-state index is 0.733. The molecule has 0 aromatic heterocycles. The van der Waals surface area contributed by atoms with Gasteiger partial charge in [0, 0.05) is 18.6 Å². The zero-order chi connectivity index (χ0) is 10.6. The molecule has 14 heavy (non-hydrogen) atoms. The Balaban J connectivity index is 2.38. The molecule has 0 radical (unpaired) electrons. The number of nitrogens with zero attached hydrogens (tertiary/aromatic N) is 1. The molecule has 0 aromatic rings. The van der Waals surface area contributed by atoms with E-state index in [4.69, 9.17) is 0 Å². The van der Waals surface area contributed by atoms with E-state index in [9.17, 15) is 0 Å². The van der Waals surface area contributed by atoms with Crippen molar-refractivity contribution >= 4 is 0 Å². The first kappa shape index (κ1) is 12.0. The third-order valence-corrected chi connectivity index (χ3v) is 3.52. The Morgan fingerprint density at radius 1 is 1.43 bits per heavy atom. The van der Waals surface area contributed by atoms with Crippen molar-refractivity contribution in [3.05, 3.63) is 0 Å². The molecule has 0 bridgehead atoms. The normalized spacial score (nSPS) is 30.6. The summed E-state index contributed by atoms with van der Waals surface area (Å²) in [6, 6.07) is 1.48. The average molecular weight is 198 g/mol. The van der Waals surface area contributed by atoms with Gasteiger partial charge in [-0.05, 0) is 39.3 Å². The van der Waals surface area contributed by atoms with Crippen LogP contribution in [0.1, 0.15) is 40.0 Å². The van der Waals surface area contributed by atoms with Crippen molar-refractivity contribution in [1.82, 2.24) is 10.2 Å². The van der Waals surface area contributed by atoms with Gasteiger partial charge in [0.25, 0.3) is 0 Å². The van der Waals surface area contributed by atoms with Gasteiger partial charge in [-0.2, -0.15) is 0 Å². The molecule has 0 aliphatic carbocycles. The maximum Gasteiger partial charge on any atom is 0.0223 e. The highest BCUT2D eigenvalue weighted by atomic mass is 15.2. The Labute approximate surface area is 89.1 Å². The Morgan fingerprint density at radius 2 is 2.14 bits per heavy atom. The maximum atomic E-state index is 3.52. The van der Waals surface area contributed by atoms with E-state index in [1.165, 1.54) is 32.4 Å². The highest BCUT2D eigenvalue weighted by Crippen LogP contribution is 2.17. The first-order chi connectivity index (χ1) is 6.65. The summed E-state index contributed by atoms with van der Waals surface area (Å²) in [5, 5.41) is 3.52. The highest BCUT2D eigenvalue weighted by Gasteiger charge is 2.24. The van der Waals surface area contributed by atoms with Gasteiger partial charge >= 0.3 is 0 Å². The molecule has 1 rings (SSSR count). The zero-order valence-electron chi connectivity index (χ0n) is 10.2. The second kappa shape index (κ2) is 5.72. The van der Waals surface area contributed by atoms with Gasteiger partial charge in [-0.25, -0.2) is 0 Å². The first-order valence-electron chi connectivity index (χ1n) is 6.07. The molecule has 0 saturated carbocycles. The summed E-state index contributed by atoms with van der Waals surface area (Å²) >= 11 is 0. The van der Waals surface area contributed by atoms with Crippen LogP contribution in [0, 0.1) is 5.92 Å². The van der Waals surface area contributed by atoms with Gasteiger partial charge in [-0.15, -0.1) is 0 Å². The lowest BCUT2D eigenvalue weighted by molar-refractivity contribution is 0.131. The van der Waals surface area contributed by atoms with E-state index in [-0.39, 0.29) is 0 Å². The SMILES string of the molecule is CCCC(C)N(C)C1CNCC(C)C1. The minimum Gasteiger partial charge on any atom is -0.315 e. The Morgan fingerprint density at radius 3 is 2.71 bits per heavy atom. The molecule has 0 aromatic carbocycles. The molecular weight excluding hydrogens is 172 g/mol. The second-order valence-electron chi connectivity index (χ2n) is 4.96. The summed E-state index contributed by atoms with van der Waals surface area (Å²) in [6.07, 6.45) is 3.97.